The van der Waals surface area contributed by atoms with Gasteiger partial charge in [-0.3, -0.25) is 4.79 Å². The number of hydrogen-bond donors (Lipinski definition) is 1. The number of carboxylic acid groups (broad SMARTS) is 1. The second kappa shape index (κ2) is 7.33. The molecule has 0 aliphatic carbocycles. The first-order valence-electron chi connectivity index (χ1n) is 5.80. The Morgan fingerprint density at radius 2 is 2.16 bits per heavy atom. The quantitative estimate of drug-likeness (QED) is 0.790. The van der Waals surface area contributed by atoms with E-state index < -0.39 is 5.97 Å². The number of carbonyl (C=O) groups is 2. The maximum absolute atomic E-state index is 12.1. The topological polar surface area (TPSA) is 66.8 Å². The summed E-state index contributed by atoms with van der Waals surface area (Å²) in [5.74, 6) is -1.14. The Hall–Kier alpha value is -2.14. The first kappa shape index (κ1) is 14.9. The predicted molar refractivity (Wildman–Crippen MR) is 71.9 cm³/mol. The number of methoxy groups -OCH3 is 1. The van der Waals surface area contributed by atoms with Gasteiger partial charge in [-0.2, -0.15) is 0 Å². The lowest BCUT2D eigenvalue weighted by Crippen LogP contribution is -2.29. The molecule has 1 N–H and O–H groups in total. The van der Waals surface area contributed by atoms with Crippen LogP contribution in [0.1, 0.15) is 15.9 Å². The summed E-state index contributed by atoms with van der Waals surface area (Å²) in [5.41, 5.74) is 1.19. The summed E-state index contributed by atoms with van der Waals surface area (Å²) in [6.07, 6.45) is 2.49. The zero-order chi connectivity index (χ0) is 14.3. The van der Waals surface area contributed by atoms with E-state index in [9.17, 15) is 9.59 Å². The molecule has 19 heavy (non-hydrogen) atoms. The Labute approximate surface area is 112 Å². The Morgan fingerprint density at radius 3 is 2.79 bits per heavy atom. The van der Waals surface area contributed by atoms with Gasteiger partial charge in [0, 0.05) is 32.3 Å². The molecule has 0 unspecified atom stereocenters. The fourth-order valence-corrected chi connectivity index (χ4v) is 1.49. The molecule has 1 aromatic carbocycles. The van der Waals surface area contributed by atoms with E-state index in [1.54, 1.807) is 43.3 Å². The molecule has 0 spiro atoms. The minimum absolute atomic E-state index is 0.123. The van der Waals surface area contributed by atoms with Crippen LogP contribution >= 0.6 is 0 Å². The van der Waals surface area contributed by atoms with Crippen LogP contribution in [0.25, 0.3) is 6.08 Å². The van der Waals surface area contributed by atoms with E-state index in [-0.39, 0.29) is 5.91 Å². The molecule has 0 aliphatic heterocycles. The number of carbonyl (C=O) groups excluding carboxylic acids is 1. The molecule has 0 aliphatic rings. The highest BCUT2D eigenvalue weighted by Gasteiger charge is 2.11. The molecule has 0 radical (unpaired) electrons. The van der Waals surface area contributed by atoms with Crippen molar-refractivity contribution in [3.8, 4) is 0 Å². The molecule has 102 valence electrons. The average molecular weight is 263 g/mol. The van der Waals surface area contributed by atoms with Gasteiger partial charge in [0.1, 0.15) is 0 Å². The molecule has 1 rings (SSSR count). The molecule has 5 heteroatoms. The van der Waals surface area contributed by atoms with Crippen LogP contribution in [0.2, 0.25) is 0 Å². The molecule has 0 heterocycles. The number of aliphatic carboxylic acids is 1. The molecule has 1 aromatic rings. The van der Waals surface area contributed by atoms with Crippen molar-refractivity contribution in [2.75, 3.05) is 27.3 Å². The van der Waals surface area contributed by atoms with Crippen molar-refractivity contribution in [3.05, 3.63) is 41.5 Å². The molecule has 0 saturated carbocycles. The van der Waals surface area contributed by atoms with E-state index in [0.29, 0.717) is 24.3 Å². The summed E-state index contributed by atoms with van der Waals surface area (Å²) in [7, 11) is 3.27. The van der Waals surface area contributed by atoms with Crippen LogP contribution in [0.5, 0.6) is 0 Å². The van der Waals surface area contributed by atoms with Crippen molar-refractivity contribution in [3.63, 3.8) is 0 Å². The van der Waals surface area contributed by atoms with Crippen LogP contribution < -0.4 is 0 Å². The van der Waals surface area contributed by atoms with E-state index >= 15 is 0 Å². The highest BCUT2D eigenvalue weighted by Crippen LogP contribution is 2.09. The minimum Gasteiger partial charge on any atom is -0.478 e. The van der Waals surface area contributed by atoms with E-state index in [0.717, 1.165) is 6.08 Å². The number of carboxylic acids is 1. The monoisotopic (exact) mass is 263 g/mol. The third-order valence-corrected chi connectivity index (χ3v) is 2.53. The van der Waals surface area contributed by atoms with Crippen LogP contribution in [0.15, 0.2) is 30.3 Å². The van der Waals surface area contributed by atoms with Crippen LogP contribution in [0.4, 0.5) is 0 Å². The number of benzene rings is 1. The van der Waals surface area contributed by atoms with Crippen LogP contribution in [-0.4, -0.2) is 49.2 Å². The van der Waals surface area contributed by atoms with Crippen molar-refractivity contribution in [1.29, 1.82) is 0 Å². The van der Waals surface area contributed by atoms with E-state index in [2.05, 4.69) is 0 Å². The van der Waals surface area contributed by atoms with Gasteiger partial charge in [-0.05, 0) is 23.8 Å². The van der Waals surface area contributed by atoms with E-state index in [1.165, 1.54) is 6.08 Å². The zero-order valence-electron chi connectivity index (χ0n) is 11.0. The van der Waals surface area contributed by atoms with Crippen molar-refractivity contribution in [2.45, 2.75) is 0 Å². The normalized spacial score (nSPS) is 10.6. The molecule has 5 nitrogen and oxygen atoms in total. The Kier molecular flexibility index (Phi) is 5.75. The van der Waals surface area contributed by atoms with Crippen molar-refractivity contribution < 1.29 is 19.4 Å². The number of amides is 1. The largest absolute Gasteiger partial charge is 0.478 e. The van der Waals surface area contributed by atoms with Gasteiger partial charge in [-0.25, -0.2) is 4.79 Å². The van der Waals surface area contributed by atoms with E-state index in [1.807, 2.05) is 0 Å². The lowest BCUT2D eigenvalue weighted by atomic mass is 10.1. The summed E-state index contributed by atoms with van der Waals surface area (Å²) in [5, 5.41) is 8.56. The first-order chi connectivity index (χ1) is 9.04. The lowest BCUT2D eigenvalue weighted by molar-refractivity contribution is -0.131. The van der Waals surface area contributed by atoms with Gasteiger partial charge in [0.15, 0.2) is 0 Å². The number of nitrogens with zero attached hydrogens (tertiary/aromatic N) is 1. The maximum Gasteiger partial charge on any atom is 0.328 e. The number of rotatable bonds is 6. The SMILES string of the molecule is COCCN(C)C(=O)c1cccc(C=CC(=O)O)c1. The highest BCUT2D eigenvalue weighted by atomic mass is 16.5. The third kappa shape index (κ3) is 4.93. The fraction of sp³-hybridized carbons (Fsp3) is 0.286. The van der Waals surface area contributed by atoms with Crippen LogP contribution in [-0.2, 0) is 9.53 Å². The van der Waals surface area contributed by atoms with Crippen LogP contribution in [0, 0.1) is 0 Å². The van der Waals surface area contributed by atoms with Gasteiger partial charge in [-0.1, -0.05) is 12.1 Å². The summed E-state index contributed by atoms with van der Waals surface area (Å²) in [6, 6.07) is 6.82. The third-order valence-electron chi connectivity index (χ3n) is 2.53. The van der Waals surface area contributed by atoms with E-state index in [4.69, 9.17) is 9.84 Å². The molecule has 0 aromatic heterocycles. The summed E-state index contributed by atoms with van der Waals surface area (Å²) in [6.45, 7) is 0.978. The number of ether oxygens (including phenoxy) is 1. The van der Waals surface area contributed by atoms with Gasteiger partial charge in [-0.15, -0.1) is 0 Å². The first-order valence-corrected chi connectivity index (χ1v) is 5.80. The lowest BCUT2D eigenvalue weighted by Gasteiger charge is -2.16. The molecule has 0 atom stereocenters. The van der Waals surface area contributed by atoms with Gasteiger partial charge >= 0.3 is 5.97 Å². The Balaban J connectivity index is 2.80. The molecular weight excluding hydrogens is 246 g/mol. The Bertz CT molecular complexity index is 482. The summed E-state index contributed by atoms with van der Waals surface area (Å²) < 4.78 is 4.92. The average Bonchev–Trinajstić information content (AvgIpc) is 2.42. The molecule has 1 amide bonds. The zero-order valence-corrected chi connectivity index (χ0v) is 11.0. The molecule has 0 saturated heterocycles. The smallest absolute Gasteiger partial charge is 0.328 e. The highest BCUT2D eigenvalue weighted by molar-refractivity contribution is 5.95. The second-order valence-electron chi connectivity index (χ2n) is 4.02. The van der Waals surface area contributed by atoms with Gasteiger partial charge < -0.3 is 14.7 Å². The van der Waals surface area contributed by atoms with Crippen molar-refractivity contribution >= 4 is 18.0 Å². The minimum atomic E-state index is -1.02. The van der Waals surface area contributed by atoms with Crippen LogP contribution in [0.3, 0.4) is 0 Å². The Morgan fingerprint density at radius 1 is 1.42 bits per heavy atom. The summed E-state index contributed by atoms with van der Waals surface area (Å²) in [4.78, 5) is 24.1. The standard InChI is InChI=1S/C14H17NO4/c1-15(8-9-19-2)14(18)12-5-3-4-11(10-12)6-7-13(16)17/h3-7,10H,8-9H2,1-2H3,(H,16,17). The second-order valence-corrected chi connectivity index (χ2v) is 4.02. The fourth-order valence-electron chi connectivity index (χ4n) is 1.49. The van der Waals surface area contributed by atoms with Gasteiger partial charge in [0.25, 0.3) is 5.91 Å². The maximum atomic E-state index is 12.1. The number of likely N-dealkylation sites (N-methyl/N-ethyl adjacent to an activating group) is 1. The molecule has 0 fully saturated rings. The van der Waals surface area contributed by atoms with Crippen molar-refractivity contribution in [1.82, 2.24) is 4.90 Å². The molecular formula is C14H17NO4. The predicted octanol–water partition coefficient (Wildman–Crippen LogP) is 1.50. The molecule has 0 bridgehead atoms. The summed E-state index contributed by atoms with van der Waals surface area (Å²) >= 11 is 0. The number of hydrogen-bond acceptors (Lipinski definition) is 3. The van der Waals surface area contributed by atoms with Gasteiger partial charge in [0.2, 0.25) is 0 Å². The van der Waals surface area contributed by atoms with Crippen molar-refractivity contribution in [2.24, 2.45) is 0 Å². The van der Waals surface area contributed by atoms with Gasteiger partial charge in [0.05, 0.1) is 6.61 Å².